The van der Waals surface area contributed by atoms with Gasteiger partial charge in [-0.1, -0.05) is 6.07 Å². The van der Waals surface area contributed by atoms with Crippen molar-refractivity contribution in [1.29, 1.82) is 0 Å². The number of nitrogens with zero attached hydrogens (tertiary/aromatic N) is 1. The van der Waals surface area contributed by atoms with Crippen LogP contribution in [-0.4, -0.2) is 12.1 Å². The fourth-order valence-corrected chi connectivity index (χ4v) is 1.47. The van der Waals surface area contributed by atoms with Crippen LogP contribution in [0.15, 0.2) is 24.5 Å². The summed E-state index contributed by atoms with van der Waals surface area (Å²) >= 11 is 0. The van der Waals surface area contributed by atoms with Crippen molar-refractivity contribution in [3.8, 4) is 0 Å². The van der Waals surface area contributed by atoms with Crippen LogP contribution in [0.4, 0.5) is 0 Å². The van der Waals surface area contributed by atoms with E-state index in [9.17, 15) is 0 Å². The molecule has 0 radical (unpaired) electrons. The number of aromatic nitrogens is 1. The Kier molecular flexibility index (Phi) is 1.78. The zero-order valence-corrected chi connectivity index (χ0v) is 7.16. The minimum Gasteiger partial charge on any atom is -0.376 e. The van der Waals surface area contributed by atoms with Gasteiger partial charge in [0.2, 0.25) is 0 Å². The second-order valence-corrected chi connectivity index (χ2v) is 3.20. The normalized spacial score (nSPS) is 20.2. The fourth-order valence-electron chi connectivity index (χ4n) is 1.47. The quantitative estimate of drug-likeness (QED) is 0.683. The van der Waals surface area contributed by atoms with Gasteiger partial charge in [0.05, 0.1) is 7.47 Å². The third-order valence-corrected chi connectivity index (χ3v) is 2.24. The van der Waals surface area contributed by atoms with Crippen LogP contribution in [0.2, 0.25) is 0 Å². The zero-order chi connectivity index (χ0) is 9.26. The van der Waals surface area contributed by atoms with Gasteiger partial charge < -0.3 is 4.74 Å². The molecule has 1 heterocycles. The van der Waals surface area contributed by atoms with E-state index in [0.29, 0.717) is 12.1 Å². The molecule has 0 amide bonds. The van der Waals surface area contributed by atoms with E-state index in [1.54, 1.807) is 13.3 Å². The largest absolute Gasteiger partial charge is 0.376 e. The lowest BCUT2D eigenvalue weighted by Gasteiger charge is -2.13. The number of methoxy groups -OCH3 is 1. The van der Waals surface area contributed by atoms with Crippen LogP contribution in [0.5, 0.6) is 0 Å². The average Bonchev–Trinajstić information content (AvgIpc) is 2.93. The zero-order valence-electron chi connectivity index (χ0n) is 8.16. The molecule has 0 bridgehead atoms. The molecule has 1 aliphatic carbocycles. The second kappa shape index (κ2) is 3.23. The topological polar surface area (TPSA) is 22.1 Å². The van der Waals surface area contributed by atoms with E-state index < -0.39 is 0 Å². The van der Waals surface area contributed by atoms with Crippen molar-refractivity contribution >= 4 is 0 Å². The Labute approximate surface area is 74.0 Å². The van der Waals surface area contributed by atoms with E-state index in [1.165, 1.54) is 12.8 Å². The predicted molar refractivity (Wildman–Crippen MR) is 46.7 cm³/mol. The third kappa shape index (κ3) is 1.48. The predicted octanol–water partition coefficient (Wildman–Crippen LogP) is 2.18. The number of ether oxygens (including phenoxy) is 1. The van der Waals surface area contributed by atoms with Gasteiger partial charge in [0, 0.05) is 19.5 Å². The van der Waals surface area contributed by atoms with Crippen molar-refractivity contribution in [1.82, 2.24) is 4.98 Å². The molecular formula is C10H13NO. The third-order valence-electron chi connectivity index (χ3n) is 2.24. The minimum atomic E-state index is 0.0844. The average molecular weight is 164 g/mol. The summed E-state index contributed by atoms with van der Waals surface area (Å²) in [4.78, 5) is 3.94. The summed E-state index contributed by atoms with van der Waals surface area (Å²) in [7, 11) is 1.70. The molecule has 12 heavy (non-hydrogen) atoms. The van der Waals surface area contributed by atoms with Gasteiger partial charge in [-0.15, -0.1) is 0 Å². The lowest BCUT2D eigenvalue weighted by molar-refractivity contribution is 0.0843. The van der Waals surface area contributed by atoms with E-state index in [-0.39, 0.29) is 6.10 Å². The van der Waals surface area contributed by atoms with Gasteiger partial charge in [0.15, 0.2) is 0 Å². The maximum absolute atomic E-state index is 7.63. The SMILES string of the molecule is [2H]c1ncccc1C(OC)C1CC1. The summed E-state index contributed by atoms with van der Waals surface area (Å²) in [5.41, 5.74) is 0.924. The molecule has 0 N–H and O–H groups in total. The number of hydrogen-bond donors (Lipinski definition) is 0. The lowest BCUT2D eigenvalue weighted by atomic mass is 10.1. The van der Waals surface area contributed by atoms with Gasteiger partial charge in [-0.25, -0.2) is 0 Å². The van der Waals surface area contributed by atoms with E-state index in [0.717, 1.165) is 5.56 Å². The fraction of sp³-hybridized carbons (Fsp3) is 0.500. The molecule has 1 aromatic rings. The van der Waals surface area contributed by atoms with E-state index in [4.69, 9.17) is 6.11 Å². The summed E-state index contributed by atoms with van der Waals surface area (Å²) < 4.78 is 13.0. The summed E-state index contributed by atoms with van der Waals surface area (Å²) in [5, 5.41) is 0. The first kappa shape index (κ1) is 6.61. The lowest BCUT2D eigenvalue weighted by Crippen LogP contribution is -2.03. The summed E-state index contributed by atoms with van der Waals surface area (Å²) in [6.07, 6.45) is 4.51. The molecule has 1 aliphatic rings. The highest BCUT2D eigenvalue weighted by Crippen LogP contribution is 2.42. The first-order valence-corrected chi connectivity index (χ1v) is 4.27. The van der Waals surface area contributed by atoms with Crippen molar-refractivity contribution < 1.29 is 6.11 Å². The molecule has 1 saturated carbocycles. The maximum atomic E-state index is 7.63. The van der Waals surface area contributed by atoms with Gasteiger partial charge >= 0.3 is 0 Å². The van der Waals surface area contributed by atoms with Crippen molar-refractivity contribution in [3.05, 3.63) is 30.1 Å². The highest BCUT2D eigenvalue weighted by Gasteiger charge is 2.32. The number of rotatable bonds is 3. The molecule has 64 valence electrons. The first-order chi connectivity index (χ1) is 6.33. The molecule has 0 aromatic carbocycles. The van der Waals surface area contributed by atoms with Crippen LogP contribution >= 0.6 is 0 Å². The van der Waals surface area contributed by atoms with E-state index in [2.05, 4.69) is 4.98 Å². The summed E-state index contributed by atoms with van der Waals surface area (Å²) in [6.45, 7) is 0. The molecule has 0 spiro atoms. The highest BCUT2D eigenvalue weighted by atomic mass is 16.5. The molecule has 1 aromatic heterocycles. The van der Waals surface area contributed by atoms with Gasteiger partial charge in [0.1, 0.15) is 0 Å². The molecule has 1 fully saturated rings. The smallest absolute Gasteiger partial charge is 0.0864 e. The van der Waals surface area contributed by atoms with Gasteiger partial charge in [-0.05, 0) is 30.4 Å². The van der Waals surface area contributed by atoms with Gasteiger partial charge in [-0.2, -0.15) is 0 Å². The Bertz CT molecular complexity index is 299. The monoisotopic (exact) mass is 164 g/mol. The molecule has 2 rings (SSSR count). The number of pyridine rings is 1. The van der Waals surface area contributed by atoms with Crippen molar-refractivity contribution in [2.24, 2.45) is 5.92 Å². The molecule has 0 saturated heterocycles. The Morgan fingerprint density at radius 2 is 2.58 bits per heavy atom. The number of hydrogen-bond acceptors (Lipinski definition) is 2. The minimum absolute atomic E-state index is 0.0844. The van der Waals surface area contributed by atoms with Crippen LogP contribution < -0.4 is 0 Å². The Morgan fingerprint density at radius 1 is 1.75 bits per heavy atom. The molecule has 2 nitrogen and oxygen atoms in total. The highest BCUT2D eigenvalue weighted by molar-refractivity contribution is 5.14. The van der Waals surface area contributed by atoms with Crippen LogP contribution in [0.3, 0.4) is 0 Å². The first-order valence-electron chi connectivity index (χ1n) is 4.77. The van der Waals surface area contributed by atoms with E-state index >= 15 is 0 Å². The van der Waals surface area contributed by atoms with Crippen molar-refractivity contribution in [3.63, 3.8) is 0 Å². The van der Waals surface area contributed by atoms with Gasteiger partial charge in [-0.3, -0.25) is 4.98 Å². The van der Waals surface area contributed by atoms with Crippen LogP contribution in [0.25, 0.3) is 0 Å². The molecule has 1 atom stereocenters. The van der Waals surface area contributed by atoms with Crippen LogP contribution in [0.1, 0.15) is 25.9 Å². The maximum Gasteiger partial charge on any atom is 0.0864 e. The standard InChI is InChI=1S/C10H13NO/c1-12-10(8-4-5-8)9-3-2-6-11-7-9/h2-3,6-8,10H,4-5H2,1H3/i7D. The molecular weight excluding hydrogens is 150 g/mol. The molecule has 1 unspecified atom stereocenters. The summed E-state index contributed by atoms with van der Waals surface area (Å²) in [5.74, 6) is 0.610. The van der Waals surface area contributed by atoms with Gasteiger partial charge in [0.25, 0.3) is 0 Å². The van der Waals surface area contributed by atoms with E-state index in [1.807, 2.05) is 12.1 Å². The van der Waals surface area contributed by atoms with Crippen molar-refractivity contribution in [2.75, 3.05) is 7.11 Å². The Hall–Kier alpha value is -0.890. The van der Waals surface area contributed by atoms with Crippen LogP contribution in [-0.2, 0) is 4.74 Å². The molecule has 0 aliphatic heterocycles. The Balaban J connectivity index is 2.26. The van der Waals surface area contributed by atoms with Crippen molar-refractivity contribution in [2.45, 2.75) is 18.9 Å². The van der Waals surface area contributed by atoms with Crippen LogP contribution in [0, 0.1) is 5.92 Å². The second-order valence-electron chi connectivity index (χ2n) is 3.20. The summed E-state index contributed by atoms with van der Waals surface area (Å²) in [6, 6.07) is 3.80. The Morgan fingerprint density at radius 3 is 3.17 bits per heavy atom. The molecule has 2 heteroatoms.